The van der Waals surface area contributed by atoms with Crippen molar-refractivity contribution in [3.63, 3.8) is 0 Å². The molecule has 0 aliphatic heterocycles. The quantitative estimate of drug-likeness (QED) is 0.666. The van der Waals surface area contributed by atoms with Crippen LogP contribution in [0, 0.1) is 30.2 Å². The average molecular weight is 283 g/mol. The second-order valence-electron chi connectivity index (χ2n) is 4.49. The van der Waals surface area contributed by atoms with Crippen molar-refractivity contribution in [3.8, 4) is 0 Å². The first-order valence-corrected chi connectivity index (χ1v) is 6.02. The van der Waals surface area contributed by atoms with Gasteiger partial charge in [0.15, 0.2) is 11.6 Å². The monoisotopic (exact) mass is 283 g/mol. The van der Waals surface area contributed by atoms with Crippen molar-refractivity contribution in [3.05, 3.63) is 70.3 Å². The fraction of sp³-hybridized carbons (Fsp3) is 0.200. The fourth-order valence-electron chi connectivity index (χ4n) is 2.13. The van der Waals surface area contributed by atoms with E-state index in [-0.39, 0.29) is 11.1 Å². The van der Waals surface area contributed by atoms with Crippen LogP contribution < -0.4 is 5.32 Å². The summed E-state index contributed by atoms with van der Waals surface area (Å²) < 4.78 is 54.2. The molecule has 0 aromatic heterocycles. The number of rotatable bonds is 3. The topological polar surface area (TPSA) is 12.0 Å². The van der Waals surface area contributed by atoms with Crippen molar-refractivity contribution >= 4 is 0 Å². The minimum Gasteiger partial charge on any atom is -0.309 e. The lowest BCUT2D eigenvalue weighted by molar-refractivity contribution is 0.480. The van der Waals surface area contributed by atoms with Gasteiger partial charge >= 0.3 is 0 Å². The van der Waals surface area contributed by atoms with Crippen molar-refractivity contribution < 1.29 is 17.6 Å². The van der Waals surface area contributed by atoms with E-state index in [4.69, 9.17) is 0 Å². The van der Waals surface area contributed by atoms with E-state index in [0.717, 1.165) is 6.07 Å². The van der Waals surface area contributed by atoms with E-state index in [1.165, 1.54) is 13.1 Å². The highest BCUT2D eigenvalue weighted by molar-refractivity contribution is 5.36. The summed E-state index contributed by atoms with van der Waals surface area (Å²) >= 11 is 0. The number of benzene rings is 2. The summed E-state index contributed by atoms with van der Waals surface area (Å²) in [7, 11) is 1.49. The second-order valence-corrected chi connectivity index (χ2v) is 4.49. The molecule has 1 N–H and O–H groups in total. The van der Waals surface area contributed by atoms with Gasteiger partial charge in [-0.05, 0) is 25.6 Å². The van der Waals surface area contributed by atoms with Gasteiger partial charge in [0.2, 0.25) is 0 Å². The van der Waals surface area contributed by atoms with Crippen LogP contribution in [0.5, 0.6) is 0 Å². The Labute approximate surface area is 114 Å². The van der Waals surface area contributed by atoms with Gasteiger partial charge in [-0.25, -0.2) is 17.6 Å². The Morgan fingerprint density at radius 1 is 0.900 bits per heavy atom. The molecule has 2 aromatic carbocycles. The van der Waals surface area contributed by atoms with Crippen LogP contribution >= 0.6 is 0 Å². The van der Waals surface area contributed by atoms with Crippen LogP contribution in [0.4, 0.5) is 17.6 Å². The molecule has 0 amide bonds. The number of hydrogen-bond acceptors (Lipinski definition) is 1. The number of aryl methyl sites for hydroxylation is 1. The third-order valence-corrected chi connectivity index (χ3v) is 3.17. The van der Waals surface area contributed by atoms with Crippen molar-refractivity contribution in [2.24, 2.45) is 0 Å². The van der Waals surface area contributed by atoms with Gasteiger partial charge in [0.25, 0.3) is 0 Å². The molecule has 0 heterocycles. The van der Waals surface area contributed by atoms with Gasteiger partial charge in [-0.2, -0.15) is 0 Å². The molecule has 0 saturated heterocycles. The normalized spacial score (nSPS) is 12.5. The summed E-state index contributed by atoms with van der Waals surface area (Å²) in [5, 5.41) is 2.72. The van der Waals surface area contributed by atoms with Gasteiger partial charge in [-0.15, -0.1) is 0 Å². The Kier molecular flexibility index (Phi) is 4.09. The molecule has 0 fully saturated rings. The van der Waals surface area contributed by atoms with Gasteiger partial charge in [0, 0.05) is 17.2 Å². The van der Waals surface area contributed by atoms with Crippen LogP contribution in [0.15, 0.2) is 30.3 Å². The highest BCUT2D eigenvalue weighted by Crippen LogP contribution is 2.28. The van der Waals surface area contributed by atoms with Crippen molar-refractivity contribution in [1.29, 1.82) is 0 Å². The van der Waals surface area contributed by atoms with E-state index in [0.29, 0.717) is 11.6 Å². The van der Waals surface area contributed by atoms with Gasteiger partial charge < -0.3 is 5.32 Å². The molecule has 2 rings (SSSR count). The molecule has 0 aliphatic rings. The molecule has 20 heavy (non-hydrogen) atoms. The highest BCUT2D eigenvalue weighted by Gasteiger charge is 2.22. The van der Waals surface area contributed by atoms with Gasteiger partial charge in [0.1, 0.15) is 11.6 Å². The van der Waals surface area contributed by atoms with Crippen LogP contribution in [0.1, 0.15) is 22.7 Å². The van der Waals surface area contributed by atoms with Crippen LogP contribution in [0.25, 0.3) is 0 Å². The maximum atomic E-state index is 14.1. The first kappa shape index (κ1) is 14.5. The van der Waals surface area contributed by atoms with E-state index in [9.17, 15) is 17.6 Å². The zero-order chi connectivity index (χ0) is 14.9. The lowest BCUT2D eigenvalue weighted by Crippen LogP contribution is -2.21. The Hall–Kier alpha value is -1.88. The fourth-order valence-corrected chi connectivity index (χ4v) is 2.13. The van der Waals surface area contributed by atoms with E-state index >= 15 is 0 Å². The van der Waals surface area contributed by atoms with Crippen LogP contribution in [0.2, 0.25) is 0 Å². The maximum Gasteiger partial charge on any atom is 0.161 e. The minimum atomic E-state index is -1.27. The van der Waals surface area contributed by atoms with E-state index < -0.39 is 29.3 Å². The van der Waals surface area contributed by atoms with Gasteiger partial charge in [-0.3, -0.25) is 0 Å². The summed E-state index contributed by atoms with van der Waals surface area (Å²) in [5.74, 6) is -3.87. The Balaban J connectivity index is 2.58. The zero-order valence-corrected chi connectivity index (χ0v) is 11.0. The average Bonchev–Trinajstić information content (AvgIpc) is 2.41. The van der Waals surface area contributed by atoms with E-state index in [1.54, 1.807) is 19.1 Å². The lowest BCUT2D eigenvalue weighted by atomic mass is 9.96. The number of nitrogens with one attached hydrogen (secondary N) is 1. The molecule has 0 bridgehead atoms. The molecular formula is C15H13F4N. The molecule has 5 heteroatoms. The molecule has 0 aliphatic carbocycles. The highest BCUT2D eigenvalue weighted by atomic mass is 19.2. The molecule has 1 unspecified atom stereocenters. The van der Waals surface area contributed by atoms with Crippen LogP contribution in [0.3, 0.4) is 0 Å². The molecule has 2 aromatic rings. The predicted octanol–water partition coefficient (Wildman–Crippen LogP) is 3.86. The molecule has 1 atom stereocenters. The first-order chi connectivity index (χ1) is 9.45. The number of hydrogen-bond donors (Lipinski definition) is 1. The van der Waals surface area contributed by atoms with E-state index in [2.05, 4.69) is 5.32 Å². The van der Waals surface area contributed by atoms with Crippen LogP contribution in [-0.2, 0) is 0 Å². The predicted molar refractivity (Wildman–Crippen MR) is 68.4 cm³/mol. The smallest absolute Gasteiger partial charge is 0.161 e. The van der Waals surface area contributed by atoms with E-state index in [1.807, 2.05) is 0 Å². The molecule has 1 nitrogen and oxygen atoms in total. The third-order valence-electron chi connectivity index (χ3n) is 3.17. The summed E-state index contributed by atoms with van der Waals surface area (Å²) in [4.78, 5) is 0. The lowest BCUT2D eigenvalue weighted by Gasteiger charge is -2.19. The molecule has 0 spiro atoms. The van der Waals surface area contributed by atoms with Crippen molar-refractivity contribution in [1.82, 2.24) is 5.32 Å². The molecule has 106 valence electrons. The summed E-state index contributed by atoms with van der Waals surface area (Å²) in [6, 6.07) is 4.98. The van der Waals surface area contributed by atoms with Gasteiger partial charge in [-0.1, -0.05) is 18.2 Å². The van der Waals surface area contributed by atoms with Crippen molar-refractivity contribution in [2.75, 3.05) is 7.05 Å². The summed E-state index contributed by atoms with van der Waals surface area (Å²) in [6.07, 6.45) is 0. The standard InChI is InChI=1S/C15H13F4N/c1-8-4-3-5-9(14(8)19)15(20-2)10-6-12(17)13(18)7-11(10)16/h3-7,15,20H,1-2H3. The zero-order valence-electron chi connectivity index (χ0n) is 11.0. The Morgan fingerprint density at radius 2 is 1.55 bits per heavy atom. The number of halogens is 4. The Morgan fingerprint density at radius 3 is 2.20 bits per heavy atom. The second kappa shape index (κ2) is 5.63. The Bertz CT molecular complexity index is 640. The first-order valence-electron chi connectivity index (χ1n) is 6.02. The molecule has 0 saturated carbocycles. The van der Waals surface area contributed by atoms with Gasteiger partial charge in [0.05, 0.1) is 6.04 Å². The third kappa shape index (κ3) is 2.54. The summed E-state index contributed by atoms with van der Waals surface area (Å²) in [6.45, 7) is 1.58. The molecular weight excluding hydrogens is 270 g/mol. The minimum absolute atomic E-state index is 0.143. The molecule has 0 radical (unpaired) electrons. The summed E-state index contributed by atoms with van der Waals surface area (Å²) in [5.41, 5.74) is 0.430. The van der Waals surface area contributed by atoms with Crippen LogP contribution in [-0.4, -0.2) is 7.05 Å². The SMILES string of the molecule is CNC(c1cc(F)c(F)cc1F)c1cccc(C)c1F. The maximum absolute atomic E-state index is 14.1. The largest absolute Gasteiger partial charge is 0.309 e. The van der Waals surface area contributed by atoms with Crippen molar-refractivity contribution in [2.45, 2.75) is 13.0 Å².